The molecule has 1 amide bonds. The lowest BCUT2D eigenvalue weighted by Crippen LogP contribution is -2.43. The van der Waals surface area contributed by atoms with E-state index in [1.807, 2.05) is 0 Å². The van der Waals surface area contributed by atoms with Gasteiger partial charge in [0.25, 0.3) is 5.91 Å². The maximum Gasteiger partial charge on any atom is 0.254 e. The van der Waals surface area contributed by atoms with Crippen molar-refractivity contribution in [1.82, 2.24) is 4.90 Å². The fraction of sp³-hybridized carbons (Fsp3) is 0.562. The van der Waals surface area contributed by atoms with Crippen molar-refractivity contribution in [3.63, 3.8) is 0 Å². The van der Waals surface area contributed by atoms with E-state index in [1.54, 1.807) is 12.1 Å². The van der Waals surface area contributed by atoms with Crippen LogP contribution in [-0.2, 0) is 0 Å². The van der Waals surface area contributed by atoms with Crippen molar-refractivity contribution in [2.45, 2.75) is 57.0 Å². The Hall–Kier alpha value is -1.38. The summed E-state index contributed by atoms with van der Waals surface area (Å²) in [6, 6.07) is 6.80. The fourth-order valence-corrected chi connectivity index (χ4v) is 3.08. The predicted molar refractivity (Wildman–Crippen MR) is 72.5 cm³/mol. The van der Waals surface area contributed by atoms with Gasteiger partial charge >= 0.3 is 0 Å². The van der Waals surface area contributed by atoms with Crippen LogP contribution in [0, 0.1) is 5.82 Å². The monoisotopic (exact) mass is 261 g/mol. The summed E-state index contributed by atoms with van der Waals surface area (Å²) in [5, 5.41) is 0. The van der Waals surface area contributed by atoms with Gasteiger partial charge in [0.1, 0.15) is 5.82 Å². The molecule has 2 fully saturated rings. The molecular weight excluding hydrogens is 241 g/mol. The molecule has 2 aliphatic carbocycles. The van der Waals surface area contributed by atoms with Gasteiger partial charge in [-0.3, -0.25) is 4.79 Å². The van der Waals surface area contributed by atoms with Gasteiger partial charge in [0, 0.05) is 17.6 Å². The molecule has 0 aromatic heterocycles. The van der Waals surface area contributed by atoms with Crippen molar-refractivity contribution in [2.24, 2.45) is 0 Å². The van der Waals surface area contributed by atoms with Crippen molar-refractivity contribution < 1.29 is 9.18 Å². The molecule has 1 aromatic carbocycles. The molecule has 2 nitrogen and oxygen atoms in total. The normalized spacial score (nSPS) is 20.3. The Morgan fingerprint density at radius 3 is 2.11 bits per heavy atom. The molecule has 102 valence electrons. The van der Waals surface area contributed by atoms with Gasteiger partial charge in [-0.2, -0.15) is 0 Å². The lowest BCUT2D eigenvalue weighted by molar-refractivity contribution is 0.0614. The second-order valence-electron chi connectivity index (χ2n) is 5.74. The summed E-state index contributed by atoms with van der Waals surface area (Å²) in [4.78, 5) is 14.7. The number of amides is 1. The first-order chi connectivity index (χ1) is 9.25. The summed E-state index contributed by atoms with van der Waals surface area (Å²) in [6.07, 6.45) is 8.26. The lowest BCUT2D eigenvalue weighted by atomic mass is 9.93. The number of carbonyl (C=O) groups excluding carboxylic acids is 1. The van der Waals surface area contributed by atoms with Crippen LogP contribution in [0.3, 0.4) is 0 Å². The van der Waals surface area contributed by atoms with Crippen molar-refractivity contribution in [2.75, 3.05) is 0 Å². The Kier molecular flexibility index (Phi) is 3.54. The topological polar surface area (TPSA) is 20.3 Å². The van der Waals surface area contributed by atoms with Crippen molar-refractivity contribution in [1.29, 1.82) is 0 Å². The zero-order valence-electron chi connectivity index (χ0n) is 11.1. The Bertz CT molecular complexity index is 446. The molecule has 0 unspecified atom stereocenters. The molecule has 19 heavy (non-hydrogen) atoms. The molecule has 1 aromatic rings. The van der Waals surface area contributed by atoms with Crippen LogP contribution in [0.2, 0.25) is 0 Å². The Morgan fingerprint density at radius 1 is 0.947 bits per heavy atom. The maximum absolute atomic E-state index is 13.0. The van der Waals surface area contributed by atoms with E-state index in [9.17, 15) is 9.18 Å². The van der Waals surface area contributed by atoms with E-state index >= 15 is 0 Å². The zero-order valence-corrected chi connectivity index (χ0v) is 11.1. The highest BCUT2D eigenvalue weighted by Gasteiger charge is 2.37. The number of benzene rings is 1. The standard InChI is InChI=1S/C16H20FNO/c17-13-8-6-12(7-9-13)16(19)18(15-10-11-15)14-4-2-1-3-5-14/h6-9,14-15H,1-5,10-11H2. The molecule has 0 N–H and O–H groups in total. The van der Waals surface area contributed by atoms with Gasteiger partial charge in [0.2, 0.25) is 0 Å². The van der Waals surface area contributed by atoms with E-state index < -0.39 is 0 Å². The summed E-state index contributed by atoms with van der Waals surface area (Å²) < 4.78 is 13.0. The molecule has 0 bridgehead atoms. The van der Waals surface area contributed by atoms with Gasteiger partial charge in [-0.15, -0.1) is 0 Å². The van der Waals surface area contributed by atoms with E-state index in [2.05, 4.69) is 4.90 Å². The molecule has 0 heterocycles. The fourth-order valence-electron chi connectivity index (χ4n) is 3.08. The molecule has 0 radical (unpaired) electrons. The number of halogens is 1. The van der Waals surface area contributed by atoms with Crippen LogP contribution >= 0.6 is 0 Å². The second-order valence-corrected chi connectivity index (χ2v) is 5.74. The second kappa shape index (κ2) is 5.32. The smallest absolute Gasteiger partial charge is 0.254 e. The van der Waals surface area contributed by atoms with E-state index in [1.165, 1.54) is 31.4 Å². The van der Waals surface area contributed by atoms with Crippen LogP contribution < -0.4 is 0 Å². The first kappa shape index (κ1) is 12.6. The Morgan fingerprint density at radius 2 is 1.53 bits per heavy atom. The molecule has 2 saturated carbocycles. The first-order valence-corrected chi connectivity index (χ1v) is 7.34. The quantitative estimate of drug-likeness (QED) is 0.811. The van der Waals surface area contributed by atoms with Gasteiger partial charge in [-0.1, -0.05) is 19.3 Å². The molecule has 0 saturated heterocycles. The summed E-state index contributed by atoms with van der Waals surface area (Å²) in [7, 11) is 0. The van der Waals surface area contributed by atoms with Crippen LogP contribution in [0.15, 0.2) is 24.3 Å². The Labute approximate surface area is 113 Å². The largest absolute Gasteiger partial charge is 0.333 e. The van der Waals surface area contributed by atoms with E-state index in [0.29, 0.717) is 17.6 Å². The SMILES string of the molecule is O=C(c1ccc(F)cc1)N(C1CCCCC1)C1CC1. The van der Waals surface area contributed by atoms with Crippen LogP contribution in [0.5, 0.6) is 0 Å². The summed E-state index contributed by atoms with van der Waals surface area (Å²) in [5.74, 6) is -0.193. The summed E-state index contributed by atoms with van der Waals surface area (Å²) >= 11 is 0. The average molecular weight is 261 g/mol. The van der Waals surface area contributed by atoms with Gasteiger partial charge in [0.05, 0.1) is 0 Å². The number of rotatable bonds is 3. The summed E-state index contributed by atoms with van der Waals surface area (Å²) in [5.41, 5.74) is 0.624. The van der Waals surface area contributed by atoms with Crippen LogP contribution in [0.25, 0.3) is 0 Å². The average Bonchev–Trinajstić information content (AvgIpc) is 3.25. The molecule has 0 atom stereocenters. The van der Waals surface area contributed by atoms with Gasteiger partial charge in [0.15, 0.2) is 0 Å². The van der Waals surface area contributed by atoms with Gasteiger partial charge in [-0.25, -0.2) is 4.39 Å². The molecular formula is C16H20FNO. The maximum atomic E-state index is 13.0. The minimum atomic E-state index is -0.285. The third-order valence-electron chi connectivity index (χ3n) is 4.23. The molecule has 3 heteroatoms. The van der Waals surface area contributed by atoms with Gasteiger partial charge in [-0.05, 0) is 49.9 Å². The number of carbonyl (C=O) groups is 1. The van der Waals surface area contributed by atoms with Crippen LogP contribution in [-0.4, -0.2) is 22.9 Å². The van der Waals surface area contributed by atoms with Crippen LogP contribution in [0.4, 0.5) is 4.39 Å². The molecule has 2 aliphatic rings. The minimum absolute atomic E-state index is 0.0920. The van der Waals surface area contributed by atoms with Crippen LogP contribution in [0.1, 0.15) is 55.3 Å². The van der Waals surface area contributed by atoms with Crippen molar-refractivity contribution in [3.05, 3.63) is 35.6 Å². The highest BCUT2D eigenvalue weighted by atomic mass is 19.1. The van der Waals surface area contributed by atoms with Crippen molar-refractivity contribution in [3.8, 4) is 0 Å². The third-order valence-corrected chi connectivity index (χ3v) is 4.23. The van der Waals surface area contributed by atoms with Gasteiger partial charge < -0.3 is 4.90 Å². The number of hydrogen-bond donors (Lipinski definition) is 0. The van der Waals surface area contributed by atoms with E-state index in [0.717, 1.165) is 25.7 Å². The third kappa shape index (κ3) is 2.80. The molecule has 0 aliphatic heterocycles. The molecule has 3 rings (SSSR count). The highest BCUT2D eigenvalue weighted by molar-refractivity contribution is 5.94. The zero-order chi connectivity index (χ0) is 13.2. The predicted octanol–water partition coefficient (Wildman–Crippen LogP) is 3.76. The first-order valence-electron chi connectivity index (χ1n) is 7.34. The number of hydrogen-bond acceptors (Lipinski definition) is 1. The number of nitrogens with zero attached hydrogens (tertiary/aromatic N) is 1. The minimum Gasteiger partial charge on any atom is -0.333 e. The lowest BCUT2D eigenvalue weighted by Gasteiger charge is -2.34. The Balaban J connectivity index is 1.79. The van der Waals surface area contributed by atoms with E-state index in [-0.39, 0.29) is 11.7 Å². The van der Waals surface area contributed by atoms with Crippen molar-refractivity contribution >= 4 is 5.91 Å². The summed E-state index contributed by atoms with van der Waals surface area (Å²) in [6.45, 7) is 0. The molecule has 0 spiro atoms. The van der Waals surface area contributed by atoms with E-state index in [4.69, 9.17) is 0 Å². The highest BCUT2D eigenvalue weighted by Crippen LogP contribution is 2.34.